The molecule has 112 valence electrons. The summed E-state index contributed by atoms with van der Waals surface area (Å²) >= 11 is 5.85. The van der Waals surface area contributed by atoms with Crippen LogP contribution in [0.25, 0.3) is 0 Å². The fourth-order valence-corrected chi connectivity index (χ4v) is 2.58. The van der Waals surface area contributed by atoms with Gasteiger partial charge < -0.3 is 4.90 Å². The molecular weight excluding hydrogens is 292 g/mol. The van der Waals surface area contributed by atoms with Gasteiger partial charge in [0.1, 0.15) is 0 Å². The van der Waals surface area contributed by atoms with Crippen LogP contribution in [0, 0.1) is 0 Å². The van der Waals surface area contributed by atoms with E-state index in [1.165, 1.54) is 6.07 Å². The van der Waals surface area contributed by atoms with Crippen LogP contribution in [0.15, 0.2) is 18.2 Å². The Morgan fingerprint density at radius 1 is 1.14 bits per heavy atom. The van der Waals surface area contributed by atoms with E-state index in [4.69, 9.17) is 11.6 Å². The van der Waals surface area contributed by atoms with Crippen LogP contribution in [0.2, 0.25) is 5.02 Å². The van der Waals surface area contributed by atoms with Gasteiger partial charge in [-0.15, -0.1) is 0 Å². The number of benzene rings is 1. The van der Waals surface area contributed by atoms with Gasteiger partial charge in [0, 0.05) is 31.1 Å². The van der Waals surface area contributed by atoms with E-state index >= 15 is 0 Å². The van der Waals surface area contributed by atoms with E-state index in [1.54, 1.807) is 17.0 Å². The minimum atomic E-state index is -0.384. The standard InChI is InChI=1S/C15H17ClN2O3/c1-3-17(4-2)13(19)7-8-18-14(20)11-6-5-10(16)9-12(11)15(18)21/h5-6,9H,3-4,7-8H2,1-2H3. The predicted octanol–water partition coefficient (Wildman–Crippen LogP) is 2.19. The predicted molar refractivity (Wildman–Crippen MR) is 79.4 cm³/mol. The SMILES string of the molecule is CCN(CC)C(=O)CCN1C(=O)c2ccc(Cl)cc2C1=O. The van der Waals surface area contributed by atoms with Gasteiger partial charge in [0.05, 0.1) is 11.1 Å². The van der Waals surface area contributed by atoms with Crippen LogP contribution in [0.1, 0.15) is 41.0 Å². The van der Waals surface area contributed by atoms with Gasteiger partial charge in [-0.3, -0.25) is 19.3 Å². The number of rotatable bonds is 5. The summed E-state index contributed by atoms with van der Waals surface area (Å²) in [6, 6.07) is 4.61. The number of hydrogen-bond acceptors (Lipinski definition) is 3. The number of hydrogen-bond donors (Lipinski definition) is 0. The maximum Gasteiger partial charge on any atom is 0.261 e. The van der Waals surface area contributed by atoms with Crippen LogP contribution in [0.4, 0.5) is 0 Å². The molecule has 0 saturated carbocycles. The van der Waals surface area contributed by atoms with Gasteiger partial charge in [0.15, 0.2) is 0 Å². The number of fused-ring (bicyclic) bond motifs is 1. The average Bonchev–Trinajstić information content (AvgIpc) is 2.70. The summed E-state index contributed by atoms with van der Waals surface area (Å²) in [6.07, 6.45) is 0.140. The van der Waals surface area contributed by atoms with E-state index in [1.807, 2.05) is 13.8 Å². The van der Waals surface area contributed by atoms with Crippen molar-refractivity contribution in [2.75, 3.05) is 19.6 Å². The summed E-state index contributed by atoms with van der Waals surface area (Å²) in [5.74, 6) is -0.807. The molecule has 5 nitrogen and oxygen atoms in total. The average molecular weight is 309 g/mol. The molecule has 3 amide bonds. The maximum atomic E-state index is 12.2. The number of imide groups is 1. The Bertz CT molecular complexity index is 597. The summed E-state index contributed by atoms with van der Waals surface area (Å²) in [7, 11) is 0. The lowest BCUT2D eigenvalue weighted by Gasteiger charge is -2.20. The van der Waals surface area contributed by atoms with Crippen molar-refractivity contribution < 1.29 is 14.4 Å². The molecule has 1 heterocycles. The van der Waals surface area contributed by atoms with Gasteiger partial charge in [-0.05, 0) is 32.0 Å². The van der Waals surface area contributed by atoms with Crippen LogP contribution >= 0.6 is 11.6 Å². The summed E-state index contributed by atoms with van der Waals surface area (Å²) in [5.41, 5.74) is 0.655. The van der Waals surface area contributed by atoms with Gasteiger partial charge in [-0.25, -0.2) is 0 Å². The van der Waals surface area contributed by atoms with Crippen molar-refractivity contribution in [1.82, 2.24) is 9.80 Å². The van der Waals surface area contributed by atoms with Crippen molar-refractivity contribution in [2.24, 2.45) is 0 Å². The first-order chi connectivity index (χ1) is 9.99. The minimum absolute atomic E-state index is 0.0606. The summed E-state index contributed by atoms with van der Waals surface area (Å²) in [6.45, 7) is 5.12. The molecule has 6 heteroatoms. The molecule has 0 aromatic heterocycles. The second kappa shape index (κ2) is 6.26. The highest BCUT2D eigenvalue weighted by molar-refractivity contribution is 6.32. The third kappa shape index (κ3) is 2.93. The largest absolute Gasteiger partial charge is 0.343 e. The summed E-state index contributed by atoms with van der Waals surface area (Å²) in [4.78, 5) is 39.1. The number of amides is 3. The Morgan fingerprint density at radius 2 is 1.76 bits per heavy atom. The number of carbonyl (C=O) groups excluding carboxylic acids is 3. The molecule has 0 bridgehead atoms. The van der Waals surface area contributed by atoms with E-state index in [2.05, 4.69) is 0 Å². The lowest BCUT2D eigenvalue weighted by molar-refractivity contribution is -0.130. The maximum absolute atomic E-state index is 12.2. The Balaban J connectivity index is 2.08. The van der Waals surface area contributed by atoms with E-state index in [0.717, 1.165) is 4.90 Å². The van der Waals surface area contributed by atoms with E-state index in [0.29, 0.717) is 29.2 Å². The first-order valence-corrected chi connectivity index (χ1v) is 7.30. The fourth-order valence-electron chi connectivity index (χ4n) is 2.41. The van der Waals surface area contributed by atoms with Crippen molar-refractivity contribution in [3.8, 4) is 0 Å². The molecule has 1 aliphatic rings. The smallest absolute Gasteiger partial charge is 0.261 e. The minimum Gasteiger partial charge on any atom is -0.343 e. The molecule has 0 saturated heterocycles. The van der Waals surface area contributed by atoms with Crippen LogP contribution < -0.4 is 0 Å². The summed E-state index contributed by atoms with van der Waals surface area (Å²) < 4.78 is 0. The van der Waals surface area contributed by atoms with Crippen molar-refractivity contribution in [3.05, 3.63) is 34.3 Å². The molecule has 0 radical (unpaired) electrons. The van der Waals surface area contributed by atoms with Gasteiger partial charge in [0.2, 0.25) is 5.91 Å². The zero-order valence-electron chi connectivity index (χ0n) is 12.1. The first kappa shape index (κ1) is 15.5. The number of carbonyl (C=O) groups is 3. The highest BCUT2D eigenvalue weighted by Gasteiger charge is 2.35. The normalized spacial score (nSPS) is 13.6. The zero-order chi connectivity index (χ0) is 15.6. The Kier molecular flexibility index (Phi) is 4.63. The van der Waals surface area contributed by atoms with Crippen molar-refractivity contribution in [3.63, 3.8) is 0 Å². The van der Waals surface area contributed by atoms with Crippen LogP contribution in [0.5, 0.6) is 0 Å². The molecule has 0 atom stereocenters. The fraction of sp³-hybridized carbons (Fsp3) is 0.400. The molecule has 1 aromatic rings. The lowest BCUT2D eigenvalue weighted by Crippen LogP contribution is -2.36. The Hall–Kier alpha value is -1.88. The Labute approximate surface area is 128 Å². The number of nitrogens with zero attached hydrogens (tertiary/aromatic N) is 2. The van der Waals surface area contributed by atoms with Crippen molar-refractivity contribution >= 4 is 29.3 Å². The highest BCUT2D eigenvalue weighted by Crippen LogP contribution is 2.25. The van der Waals surface area contributed by atoms with Crippen LogP contribution in [0.3, 0.4) is 0 Å². The second-order valence-corrected chi connectivity index (χ2v) is 5.20. The molecular formula is C15H17ClN2O3. The van der Waals surface area contributed by atoms with Gasteiger partial charge >= 0.3 is 0 Å². The van der Waals surface area contributed by atoms with Crippen LogP contribution in [-0.2, 0) is 4.79 Å². The molecule has 0 fully saturated rings. The first-order valence-electron chi connectivity index (χ1n) is 6.93. The van der Waals surface area contributed by atoms with E-state index in [-0.39, 0.29) is 30.7 Å². The third-order valence-electron chi connectivity index (χ3n) is 3.60. The van der Waals surface area contributed by atoms with Crippen molar-refractivity contribution in [1.29, 1.82) is 0 Å². The van der Waals surface area contributed by atoms with Gasteiger partial charge in [-0.2, -0.15) is 0 Å². The molecule has 0 unspecified atom stereocenters. The van der Waals surface area contributed by atoms with Crippen LogP contribution in [-0.4, -0.2) is 47.2 Å². The monoisotopic (exact) mass is 308 g/mol. The quantitative estimate of drug-likeness (QED) is 0.784. The molecule has 1 aromatic carbocycles. The molecule has 1 aliphatic heterocycles. The molecule has 0 N–H and O–H groups in total. The number of halogens is 1. The van der Waals surface area contributed by atoms with Gasteiger partial charge in [0.25, 0.3) is 11.8 Å². The second-order valence-electron chi connectivity index (χ2n) is 4.77. The zero-order valence-corrected chi connectivity index (χ0v) is 12.8. The molecule has 21 heavy (non-hydrogen) atoms. The lowest BCUT2D eigenvalue weighted by atomic mass is 10.1. The van der Waals surface area contributed by atoms with E-state index < -0.39 is 0 Å². The highest BCUT2D eigenvalue weighted by atomic mass is 35.5. The molecule has 0 spiro atoms. The molecule has 2 rings (SSSR count). The van der Waals surface area contributed by atoms with Crippen molar-refractivity contribution in [2.45, 2.75) is 20.3 Å². The third-order valence-corrected chi connectivity index (χ3v) is 3.83. The van der Waals surface area contributed by atoms with E-state index in [9.17, 15) is 14.4 Å². The summed E-state index contributed by atoms with van der Waals surface area (Å²) in [5, 5.41) is 0.413. The topological polar surface area (TPSA) is 57.7 Å². The van der Waals surface area contributed by atoms with Gasteiger partial charge in [-0.1, -0.05) is 11.6 Å². The Morgan fingerprint density at radius 3 is 2.38 bits per heavy atom. The molecule has 0 aliphatic carbocycles.